The van der Waals surface area contributed by atoms with E-state index in [4.69, 9.17) is 18.9 Å². The van der Waals surface area contributed by atoms with Crippen molar-refractivity contribution < 1.29 is 23.7 Å². The van der Waals surface area contributed by atoms with Gasteiger partial charge in [-0.1, -0.05) is 23.8 Å². The van der Waals surface area contributed by atoms with E-state index in [0.29, 0.717) is 19.8 Å². The maximum Gasteiger partial charge on any atom is 0.311 e. The van der Waals surface area contributed by atoms with Gasteiger partial charge in [0.25, 0.3) is 0 Å². The second-order valence-electron chi connectivity index (χ2n) is 7.45. The summed E-state index contributed by atoms with van der Waals surface area (Å²) in [6, 6.07) is 7.88. The van der Waals surface area contributed by atoms with Gasteiger partial charge in [-0.25, -0.2) is 0 Å². The minimum absolute atomic E-state index is 0.0546. The molecule has 3 atom stereocenters. The lowest BCUT2D eigenvalue weighted by molar-refractivity contribution is -0.161. The molecule has 1 aromatic rings. The lowest BCUT2D eigenvalue weighted by atomic mass is 9.90. The number of carbonyl (C=O) groups is 1. The number of ether oxygens (including phenoxy) is 4. The summed E-state index contributed by atoms with van der Waals surface area (Å²) in [6.45, 7) is 7.44. The molecule has 0 radical (unpaired) electrons. The maximum atomic E-state index is 12.4. The Kier molecular flexibility index (Phi) is 9.51. The van der Waals surface area contributed by atoms with Gasteiger partial charge in [0.05, 0.1) is 45.1 Å². The third-order valence-corrected chi connectivity index (χ3v) is 4.98. The first-order valence-electron chi connectivity index (χ1n) is 10.2. The van der Waals surface area contributed by atoms with E-state index < -0.39 is 0 Å². The molecule has 2 rings (SSSR count). The van der Waals surface area contributed by atoms with Gasteiger partial charge in [-0.2, -0.15) is 0 Å². The van der Waals surface area contributed by atoms with Gasteiger partial charge in [-0.15, -0.1) is 0 Å². The van der Waals surface area contributed by atoms with E-state index in [9.17, 15) is 4.79 Å². The zero-order valence-electron chi connectivity index (χ0n) is 17.6. The average Bonchev–Trinajstić information content (AvgIpc) is 2.70. The summed E-state index contributed by atoms with van der Waals surface area (Å²) in [7, 11) is 1.66. The molecule has 0 N–H and O–H groups in total. The number of benzene rings is 1. The molecule has 0 bridgehead atoms. The van der Waals surface area contributed by atoms with Crippen LogP contribution in [-0.4, -0.2) is 38.5 Å². The molecule has 0 saturated carbocycles. The summed E-state index contributed by atoms with van der Waals surface area (Å²) < 4.78 is 22.5. The number of hydrogen-bond donors (Lipinski definition) is 0. The monoisotopic (exact) mass is 390 g/mol. The van der Waals surface area contributed by atoms with E-state index in [1.165, 1.54) is 5.57 Å². The minimum Gasteiger partial charge on any atom is -0.497 e. The Hall–Kier alpha value is -1.85. The smallest absolute Gasteiger partial charge is 0.311 e. The molecule has 1 aromatic carbocycles. The van der Waals surface area contributed by atoms with E-state index in [-0.39, 0.29) is 24.1 Å². The summed E-state index contributed by atoms with van der Waals surface area (Å²) in [5.41, 5.74) is 2.37. The molecule has 0 spiro atoms. The van der Waals surface area contributed by atoms with Gasteiger partial charge in [0, 0.05) is 0 Å². The highest BCUT2D eigenvalue weighted by Gasteiger charge is 2.33. The van der Waals surface area contributed by atoms with Crippen molar-refractivity contribution in [2.75, 3.05) is 20.3 Å². The van der Waals surface area contributed by atoms with Crippen LogP contribution in [0.5, 0.6) is 5.75 Å². The van der Waals surface area contributed by atoms with Crippen molar-refractivity contribution in [2.45, 2.75) is 65.3 Å². The average molecular weight is 391 g/mol. The Balaban J connectivity index is 1.82. The van der Waals surface area contributed by atoms with Crippen LogP contribution in [0.2, 0.25) is 0 Å². The van der Waals surface area contributed by atoms with E-state index in [1.54, 1.807) is 7.11 Å². The highest BCUT2D eigenvalue weighted by Crippen LogP contribution is 2.27. The Bertz CT molecular complexity index is 610. The molecule has 1 aliphatic heterocycles. The molecule has 0 aromatic heterocycles. The van der Waals surface area contributed by atoms with Crippen LogP contribution in [0.15, 0.2) is 35.9 Å². The summed E-state index contributed by atoms with van der Waals surface area (Å²) in [5.74, 6) is 0.482. The Labute approximate surface area is 169 Å². The van der Waals surface area contributed by atoms with Crippen molar-refractivity contribution >= 4 is 5.97 Å². The molecule has 1 saturated heterocycles. The first kappa shape index (κ1) is 22.4. The molecule has 1 fully saturated rings. The van der Waals surface area contributed by atoms with Crippen molar-refractivity contribution in [1.29, 1.82) is 0 Å². The van der Waals surface area contributed by atoms with E-state index in [1.807, 2.05) is 31.2 Å². The van der Waals surface area contributed by atoms with Crippen molar-refractivity contribution in [3.05, 3.63) is 41.5 Å². The molecule has 0 amide bonds. The van der Waals surface area contributed by atoms with Crippen LogP contribution in [0.3, 0.4) is 0 Å². The van der Waals surface area contributed by atoms with Gasteiger partial charge >= 0.3 is 5.97 Å². The number of allylic oxidation sites excluding steroid dienone is 2. The molecule has 5 heteroatoms. The van der Waals surface area contributed by atoms with Gasteiger partial charge in [0.15, 0.2) is 0 Å². The fraction of sp³-hybridized carbons (Fsp3) is 0.609. The fourth-order valence-electron chi connectivity index (χ4n) is 3.39. The predicted molar refractivity (Wildman–Crippen MR) is 109 cm³/mol. The molecule has 28 heavy (non-hydrogen) atoms. The molecular formula is C23H34O5. The fourth-order valence-corrected chi connectivity index (χ4v) is 3.39. The van der Waals surface area contributed by atoms with Gasteiger partial charge in [-0.05, 0) is 64.2 Å². The van der Waals surface area contributed by atoms with Crippen LogP contribution < -0.4 is 4.74 Å². The van der Waals surface area contributed by atoms with Crippen molar-refractivity contribution in [2.24, 2.45) is 5.92 Å². The predicted octanol–water partition coefficient (Wildman–Crippen LogP) is 4.69. The Morgan fingerprint density at radius 3 is 2.57 bits per heavy atom. The largest absolute Gasteiger partial charge is 0.497 e. The summed E-state index contributed by atoms with van der Waals surface area (Å²) in [5, 5.41) is 0. The van der Waals surface area contributed by atoms with E-state index >= 15 is 0 Å². The van der Waals surface area contributed by atoms with Crippen LogP contribution in [0.25, 0.3) is 0 Å². The molecule has 156 valence electrons. The molecule has 1 heterocycles. The van der Waals surface area contributed by atoms with Crippen molar-refractivity contribution in [3.8, 4) is 5.75 Å². The number of carbonyl (C=O) groups excluding carboxylic acids is 1. The first-order chi connectivity index (χ1) is 13.5. The van der Waals surface area contributed by atoms with E-state index in [2.05, 4.69) is 19.9 Å². The normalized spacial score (nSPS) is 20.3. The van der Waals surface area contributed by atoms with Gasteiger partial charge in [0.1, 0.15) is 5.75 Å². The highest BCUT2D eigenvalue weighted by atomic mass is 16.6. The quantitative estimate of drug-likeness (QED) is 0.429. The summed E-state index contributed by atoms with van der Waals surface area (Å²) in [6.07, 6.45) is 5.44. The zero-order valence-corrected chi connectivity index (χ0v) is 17.6. The van der Waals surface area contributed by atoms with Crippen LogP contribution in [0.1, 0.15) is 52.0 Å². The first-order valence-corrected chi connectivity index (χ1v) is 10.2. The van der Waals surface area contributed by atoms with Crippen LogP contribution in [0.4, 0.5) is 0 Å². The van der Waals surface area contributed by atoms with Crippen LogP contribution in [-0.2, 0) is 25.6 Å². The molecule has 5 nitrogen and oxygen atoms in total. The van der Waals surface area contributed by atoms with Crippen molar-refractivity contribution in [1.82, 2.24) is 0 Å². The van der Waals surface area contributed by atoms with Crippen LogP contribution in [0, 0.1) is 5.92 Å². The standard InChI is InChI=1S/C23H34O5/c1-5-26-23(24)21(8-6-7-17(2)3)22-14-13-20(16-28-22)27-15-18-9-11-19(25-4)12-10-18/h7,9-12,20-22H,5-6,8,13-16H2,1-4H3/t20-,21+,22-/m0/s1. The zero-order chi connectivity index (χ0) is 20.4. The number of esters is 1. The number of rotatable bonds is 10. The topological polar surface area (TPSA) is 54.0 Å². The molecule has 0 aliphatic carbocycles. The molecular weight excluding hydrogens is 356 g/mol. The van der Waals surface area contributed by atoms with Gasteiger partial charge in [0.2, 0.25) is 0 Å². The second kappa shape index (κ2) is 11.9. The highest BCUT2D eigenvalue weighted by molar-refractivity contribution is 5.73. The third-order valence-electron chi connectivity index (χ3n) is 4.98. The molecule has 1 aliphatic rings. The van der Waals surface area contributed by atoms with Gasteiger partial charge in [-0.3, -0.25) is 4.79 Å². The maximum absolute atomic E-state index is 12.4. The van der Waals surface area contributed by atoms with Crippen molar-refractivity contribution in [3.63, 3.8) is 0 Å². The molecule has 0 unspecified atom stereocenters. The lowest BCUT2D eigenvalue weighted by Gasteiger charge is -2.33. The lowest BCUT2D eigenvalue weighted by Crippen LogP contribution is -2.39. The van der Waals surface area contributed by atoms with Gasteiger partial charge < -0.3 is 18.9 Å². The number of hydrogen-bond acceptors (Lipinski definition) is 5. The summed E-state index contributed by atoms with van der Waals surface area (Å²) in [4.78, 5) is 12.4. The van der Waals surface area contributed by atoms with E-state index in [0.717, 1.165) is 37.0 Å². The minimum atomic E-state index is -0.210. The summed E-state index contributed by atoms with van der Waals surface area (Å²) >= 11 is 0. The SMILES string of the molecule is CCOC(=O)[C@H](CCC=C(C)C)[C@@H]1CC[C@H](OCc2ccc(OC)cc2)CO1. The Morgan fingerprint density at radius 1 is 1.25 bits per heavy atom. The second-order valence-corrected chi connectivity index (χ2v) is 7.45. The number of methoxy groups -OCH3 is 1. The third kappa shape index (κ3) is 7.28. The Morgan fingerprint density at radius 2 is 2.00 bits per heavy atom. The van der Waals surface area contributed by atoms with Crippen LogP contribution >= 0.6 is 0 Å².